The Hall–Kier alpha value is -1.72. The van der Waals surface area contributed by atoms with Gasteiger partial charge in [0.25, 0.3) is 0 Å². The van der Waals surface area contributed by atoms with Crippen molar-refractivity contribution in [1.82, 2.24) is 0 Å². The lowest BCUT2D eigenvalue weighted by molar-refractivity contribution is -0.137. The highest BCUT2D eigenvalue weighted by molar-refractivity contribution is 6.07. The quantitative estimate of drug-likeness (QED) is 0.855. The lowest BCUT2D eigenvalue weighted by Crippen LogP contribution is -2.65. The zero-order valence-electron chi connectivity index (χ0n) is 11.9. The Morgan fingerprint density at radius 3 is 2.43 bits per heavy atom. The van der Waals surface area contributed by atoms with Gasteiger partial charge in [0.15, 0.2) is 0 Å². The van der Waals surface area contributed by atoms with Crippen LogP contribution < -0.4 is 10.2 Å². The molecule has 3 rings (SSSR count). The van der Waals surface area contributed by atoms with E-state index < -0.39 is 17.3 Å². The molecule has 0 unspecified atom stereocenters. The second kappa shape index (κ2) is 4.39. The molecule has 1 aromatic carbocycles. The van der Waals surface area contributed by atoms with E-state index in [1.54, 1.807) is 0 Å². The summed E-state index contributed by atoms with van der Waals surface area (Å²) in [5.41, 5.74) is -0.429. The van der Waals surface area contributed by atoms with Crippen molar-refractivity contribution in [3.8, 4) is 0 Å². The number of hydrogen-bond acceptors (Lipinski definition) is 2. The van der Waals surface area contributed by atoms with E-state index in [0.29, 0.717) is 24.2 Å². The Morgan fingerprint density at radius 2 is 1.95 bits per heavy atom. The summed E-state index contributed by atoms with van der Waals surface area (Å²) in [7, 11) is 0. The summed E-state index contributed by atoms with van der Waals surface area (Å²) in [5, 5.41) is 2.77. The molecule has 1 fully saturated rings. The number of fused-ring (bicyclic) bond motifs is 1. The van der Waals surface area contributed by atoms with Gasteiger partial charge in [-0.2, -0.15) is 13.2 Å². The minimum atomic E-state index is -4.38. The van der Waals surface area contributed by atoms with Gasteiger partial charge >= 0.3 is 6.18 Å². The third kappa shape index (κ3) is 2.00. The third-order valence-corrected chi connectivity index (χ3v) is 4.41. The topological polar surface area (TPSA) is 32.3 Å². The number of anilines is 2. The molecule has 1 saturated carbocycles. The zero-order chi connectivity index (χ0) is 15.4. The monoisotopic (exact) mass is 298 g/mol. The molecule has 0 saturated heterocycles. The van der Waals surface area contributed by atoms with Gasteiger partial charge in [0.2, 0.25) is 5.91 Å². The lowest BCUT2D eigenvalue weighted by Gasteiger charge is -2.54. The SMILES string of the molecule is CC(C)N1c2cc(C(F)(F)F)ccc2NC(=O)C12CCC2. The Labute approximate surface area is 121 Å². The molecule has 1 aliphatic carbocycles. The smallest absolute Gasteiger partial charge is 0.353 e. The number of halogens is 3. The highest BCUT2D eigenvalue weighted by Crippen LogP contribution is 2.49. The van der Waals surface area contributed by atoms with Gasteiger partial charge in [0, 0.05) is 6.04 Å². The molecule has 1 aliphatic heterocycles. The molecule has 0 radical (unpaired) electrons. The first-order valence-electron chi connectivity index (χ1n) is 7.08. The molecule has 2 aliphatic rings. The van der Waals surface area contributed by atoms with E-state index in [0.717, 1.165) is 18.6 Å². The van der Waals surface area contributed by atoms with Crippen LogP contribution >= 0.6 is 0 Å². The molecular weight excluding hydrogens is 281 g/mol. The van der Waals surface area contributed by atoms with Gasteiger partial charge in [-0.05, 0) is 51.3 Å². The summed E-state index contributed by atoms with van der Waals surface area (Å²) in [6.07, 6.45) is -2.09. The molecule has 1 amide bonds. The van der Waals surface area contributed by atoms with Gasteiger partial charge in [0.1, 0.15) is 5.54 Å². The molecule has 0 aromatic heterocycles. The number of nitrogens with one attached hydrogen (secondary N) is 1. The summed E-state index contributed by atoms with van der Waals surface area (Å²) >= 11 is 0. The molecule has 1 N–H and O–H groups in total. The van der Waals surface area contributed by atoms with Gasteiger partial charge in [0.05, 0.1) is 16.9 Å². The number of amides is 1. The second-order valence-corrected chi connectivity index (χ2v) is 6.03. The minimum absolute atomic E-state index is 0.0430. The minimum Gasteiger partial charge on any atom is -0.353 e. The maximum Gasteiger partial charge on any atom is 0.416 e. The Kier molecular flexibility index (Phi) is 2.97. The number of carbonyl (C=O) groups excluding carboxylic acids is 1. The van der Waals surface area contributed by atoms with Crippen LogP contribution in [-0.2, 0) is 11.0 Å². The van der Waals surface area contributed by atoms with Gasteiger partial charge in [-0.25, -0.2) is 0 Å². The van der Waals surface area contributed by atoms with Crippen LogP contribution in [0.1, 0.15) is 38.7 Å². The van der Waals surface area contributed by atoms with Crippen molar-refractivity contribution in [2.24, 2.45) is 0 Å². The average Bonchev–Trinajstić information content (AvgIpc) is 2.32. The normalized spacial score (nSPS) is 20.3. The van der Waals surface area contributed by atoms with Gasteiger partial charge < -0.3 is 10.2 Å². The Balaban J connectivity index is 2.14. The van der Waals surface area contributed by atoms with Crippen LogP contribution in [0.4, 0.5) is 24.5 Å². The Morgan fingerprint density at radius 1 is 1.29 bits per heavy atom. The molecule has 1 spiro atoms. The van der Waals surface area contributed by atoms with Crippen molar-refractivity contribution in [2.45, 2.75) is 50.9 Å². The van der Waals surface area contributed by atoms with Crippen molar-refractivity contribution in [3.63, 3.8) is 0 Å². The summed E-state index contributed by atoms with van der Waals surface area (Å²) in [6.45, 7) is 3.81. The molecule has 0 bridgehead atoms. The van der Waals surface area contributed by atoms with Crippen LogP contribution in [0.5, 0.6) is 0 Å². The molecule has 114 valence electrons. The standard InChI is InChI=1S/C15H17F3N2O/c1-9(2)20-12-8-10(15(16,17)18)4-5-11(12)19-13(21)14(20)6-3-7-14/h4-5,8-9H,3,6-7H2,1-2H3,(H,19,21). The van der Waals surface area contributed by atoms with Crippen molar-refractivity contribution in [3.05, 3.63) is 23.8 Å². The van der Waals surface area contributed by atoms with Crippen LogP contribution in [0, 0.1) is 0 Å². The fourth-order valence-electron chi connectivity index (χ4n) is 3.34. The van der Waals surface area contributed by atoms with Crippen LogP contribution in [0.2, 0.25) is 0 Å². The van der Waals surface area contributed by atoms with E-state index in [1.165, 1.54) is 6.07 Å². The third-order valence-electron chi connectivity index (χ3n) is 4.41. The van der Waals surface area contributed by atoms with E-state index in [1.807, 2.05) is 18.7 Å². The molecular formula is C15H17F3N2O. The van der Waals surface area contributed by atoms with E-state index in [2.05, 4.69) is 5.32 Å². The average molecular weight is 298 g/mol. The number of hydrogen-bond donors (Lipinski definition) is 1. The van der Waals surface area contributed by atoms with Gasteiger partial charge in [-0.1, -0.05) is 0 Å². The Bertz CT molecular complexity index is 591. The van der Waals surface area contributed by atoms with E-state index in [4.69, 9.17) is 0 Å². The summed E-state index contributed by atoms with van der Waals surface area (Å²) in [5.74, 6) is -0.102. The number of alkyl halides is 3. The summed E-state index contributed by atoms with van der Waals surface area (Å²) in [4.78, 5) is 14.2. The molecule has 3 nitrogen and oxygen atoms in total. The highest BCUT2D eigenvalue weighted by Gasteiger charge is 2.53. The van der Waals surface area contributed by atoms with Crippen LogP contribution in [0.3, 0.4) is 0 Å². The predicted molar refractivity (Wildman–Crippen MR) is 74.3 cm³/mol. The van der Waals surface area contributed by atoms with Crippen molar-refractivity contribution in [2.75, 3.05) is 10.2 Å². The van der Waals surface area contributed by atoms with Crippen molar-refractivity contribution < 1.29 is 18.0 Å². The number of rotatable bonds is 1. The van der Waals surface area contributed by atoms with Crippen molar-refractivity contribution in [1.29, 1.82) is 0 Å². The molecule has 6 heteroatoms. The number of nitrogens with zero attached hydrogens (tertiary/aromatic N) is 1. The van der Waals surface area contributed by atoms with E-state index >= 15 is 0 Å². The maximum absolute atomic E-state index is 12.9. The lowest BCUT2D eigenvalue weighted by atomic mass is 9.72. The van der Waals surface area contributed by atoms with E-state index in [9.17, 15) is 18.0 Å². The zero-order valence-corrected chi connectivity index (χ0v) is 11.9. The van der Waals surface area contributed by atoms with Crippen LogP contribution in [0.25, 0.3) is 0 Å². The first-order chi connectivity index (χ1) is 9.75. The van der Waals surface area contributed by atoms with Crippen molar-refractivity contribution >= 4 is 17.3 Å². The molecule has 21 heavy (non-hydrogen) atoms. The predicted octanol–water partition coefficient (Wildman–Crippen LogP) is 3.80. The van der Waals surface area contributed by atoms with Crippen LogP contribution in [-0.4, -0.2) is 17.5 Å². The molecule has 1 heterocycles. The first kappa shape index (κ1) is 14.2. The van der Waals surface area contributed by atoms with Gasteiger partial charge in [-0.3, -0.25) is 4.79 Å². The summed E-state index contributed by atoms with van der Waals surface area (Å²) in [6, 6.07) is 3.46. The van der Waals surface area contributed by atoms with Gasteiger partial charge in [-0.15, -0.1) is 0 Å². The number of benzene rings is 1. The molecule has 1 aromatic rings. The fourth-order valence-corrected chi connectivity index (χ4v) is 3.34. The number of carbonyl (C=O) groups is 1. The highest BCUT2D eigenvalue weighted by atomic mass is 19.4. The van der Waals surface area contributed by atoms with Crippen LogP contribution in [0.15, 0.2) is 18.2 Å². The largest absolute Gasteiger partial charge is 0.416 e. The molecule has 0 atom stereocenters. The maximum atomic E-state index is 12.9. The summed E-state index contributed by atoms with van der Waals surface area (Å²) < 4.78 is 38.8. The first-order valence-corrected chi connectivity index (χ1v) is 7.08. The van der Waals surface area contributed by atoms with E-state index in [-0.39, 0.29) is 11.9 Å². The fraction of sp³-hybridized carbons (Fsp3) is 0.533. The second-order valence-electron chi connectivity index (χ2n) is 6.03.